The Bertz CT molecular complexity index is 1200. The molecule has 1 aliphatic rings. The van der Waals surface area contributed by atoms with Crippen LogP contribution < -0.4 is 5.32 Å². The largest absolute Gasteiger partial charge is 0.325 e. The summed E-state index contributed by atoms with van der Waals surface area (Å²) in [6.07, 6.45) is 0. The quantitative estimate of drug-likeness (QED) is 0.294. The van der Waals surface area contributed by atoms with Gasteiger partial charge in [0.05, 0.1) is 6.54 Å². The number of benzene rings is 3. The minimum absolute atomic E-state index is 0.430. The van der Waals surface area contributed by atoms with E-state index in [0.29, 0.717) is 15.8 Å². The fraction of sp³-hybridized carbons (Fsp3) is 0.143. The summed E-state index contributed by atoms with van der Waals surface area (Å²) in [5.74, 6) is -11.7. The van der Waals surface area contributed by atoms with Crippen molar-refractivity contribution in [1.29, 1.82) is 0 Å². The maximum Gasteiger partial charge on any atom is 0.325 e. The predicted octanol–water partition coefficient (Wildman–Crippen LogP) is 4.50. The molecule has 4 nitrogen and oxygen atoms in total. The number of rotatable bonds is 3. The second-order valence-electron chi connectivity index (χ2n) is 7.02. The number of nitrogens with zero attached hydrogens (tertiary/aromatic N) is 1. The van der Waals surface area contributed by atoms with Crippen LogP contribution in [0.1, 0.15) is 18.1 Å². The third-order valence-electron chi connectivity index (χ3n) is 5.22. The molecule has 0 unspecified atom stereocenters. The number of urea groups is 1. The van der Waals surface area contributed by atoms with Gasteiger partial charge in [0.25, 0.3) is 5.91 Å². The van der Waals surface area contributed by atoms with Crippen molar-refractivity contribution in [3.05, 3.63) is 82.7 Å². The number of nitrogens with one attached hydrogen (secondary N) is 1. The second-order valence-corrected chi connectivity index (χ2v) is 7.02. The van der Waals surface area contributed by atoms with Crippen molar-refractivity contribution in [3.63, 3.8) is 0 Å². The van der Waals surface area contributed by atoms with Gasteiger partial charge in [-0.1, -0.05) is 42.5 Å². The number of amides is 3. The van der Waals surface area contributed by atoms with Gasteiger partial charge < -0.3 is 5.32 Å². The van der Waals surface area contributed by atoms with E-state index in [-0.39, 0.29) is 0 Å². The van der Waals surface area contributed by atoms with Gasteiger partial charge in [-0.05, 0) is 23.3 Å². The van der Waals surface area contributed by atoms with E-state index in [0.717, 1.165) is 5.39 Å². The second kappa shape index (κ2) is 6.79. The van der Waals surface area contributed by atoms with Crippen LogP contribution in [-0.4, -0.2) is 16.8 Å². The first-order valence-corrected chi connectivity index (χ1v) is 8.79. The Labute approximate surface area is 166 Å². The van der Waals surface area contributed by atoms with Gasteiger partial charge in [-0.25, -0.2) is 26.7 Å². The highest BCUT2D eigenvalue weighted by Crippen LogP contribution is 2.35. The molecule has 9 heteroatoms. The minimum Gasteiger partial charge on any atom is -0.319 e. The lowest BCUT2D eigenvalue weighted by molar-refractivity contribution is -0.131. The van der Waals surface area contributed by atoms with Crippen molar-refractivity contribution in [1.82, 2.24) is 10.2 Å². The van der Waals surface area contributed by atoms with Gasteiger partial charge >= 0.3 is 6.03 Å². The number of hydrogen-bond donors (Lipinski definition) is 1. The smallest absolute Gasteiger partial charge is 0.319 e. The molecule has 1 saturated heterocycles. The third-order valence-corrected chi connectivity index (χ3v) is 5.22. The molecular weight excluding hydrogens is 407 g/mol. The third kappa shape index (κ3) is 2.72. The normalized spacial score (nSPS) is 18.9. The number of fused-ring (bicyclic) bond motifs is 1. The molecule has 154 valence electrons. The van der Waals surface area contributed by atoms with Crippen LogP contribution in [0.2, 0.25) is 0 Å². The number of carbonyl (C=O) groups is 2. The average molecular weight is 420 g/mol. The van der Waals surface area contributed by atoms with Gasteiger partial charge in [-0.15, -0.1) is 0 Å². The first-order valence-electron chi connectivity index (χ1n) is 8.79. The van der Waals surface area contributed by atoms with Crippen LogP contribution in [0, 0.1) is 29.1 Å². The summed E-state index contributed by atoms with van der Waals surface area (Å²) in [6, 6.07) is 11.1. The average Bonchev–Trinajstić information content (AvgIpc) is 2.96. The van der Waals surface area contributed by atoms with Gasteiger partial charge in [0.1, 0.15) is 5.54 Å². The molecule has 1 atom stereocenters. The predicted molar refractivity (Wildman–Crippen MR) is 96.6 cm³/mol. The van der Waals surface area contributed by atoms with Gasteiger partial charge in [-0.3, -0.25) is 9.69 Å². The Morgan fingerprint density at radius 1 is 0.833 bits per heavy atom. The topological polar surface area (TPSA) is 49.4 Å². The molecule has 3 aromatic rings. The van der Waals surface area contributed by atoms with Crippen LogP contribution in [0.4, 0.5) is 26.7 Å². The molecule has 3 amide bonds. The monoisotopic (exact) mass is 420 g/mol. The van der Waals surface area contributed by atoms with Gasteiger partial charge in [-0.2, -0.15) is 0 Å². The first kappa shape index (κ1) is 19.8. The van der Waals surface area contributed by atoms with E-state index in [2.05, 4.69) is 5.32 Å². The van der Waals surface area contributed by atoms with E-state index >= 15 is 0 Å². The Balaban J connectivity index is 1.78. The summed E-state index contributed by atoms with van der Waals surface area (Å²) in [4.78, 5) is 26.0. The van der Waals surface area contributed by atoms with E-state index in [9.17, 15) is 31.5 Å². The summed E-state index contributed by atoms with van der Waals surface area (Å²) in [5.41, 5.74) is -2.43. The molecule has 1 fully saturated rings. The van der Waals surface area contributed by atoms with Crippen LogP contribution in [0.5, 0.6) is 0 Å². The molecule has 0 aromatic heterocycles. The Hall–Kier alpha value is -3.49. The standard InChI is InChI=1S/C21H13F5N2O2/c1-21(13-8-4-6-10-5-2-3-7-11(10)13)19(29)28(20(30)27-21)9-12-14(22)16(24)18(26)17(25)15(12)23/h2-8H,9H2,1H3,(H,27,30)/t21-/m0/s1. The first-order chi connectivity index (χ1) is 14.2. The zero-order chi connectivity index (χ0) is 21.8. The molecule has 0 aliphatic carbocycles. The van der Waals surface area contributed by atoms with Crippen molar-refractivity contribution >= 4 is 22.7 Å². The number of imide groups is 1. The SMILES string of the molecule is C[C@@]1(c2cccc3ccccc23)NC(=O)N(Cc2c(F)c(F)c(F)c(F)c2F)C1=O. The summed E-state index contributed by atoms with van der Waals surface area (Å²) < 4.78 is 68.4. The van der Waals surface area contributed by atoms with Crippen LogP contribution in [0.15, 0.2) is 42.5 Å². The summed E-state index contributed by atoms with van der Waals surface area (Å²) in [6.45, 7) is 0.296. The zero-order valence-electron chi connectivity index (χ0n) is 15.4. The highest BCUT2D eigenvalue weighted by molar-refractivity contribution is 6.09. The molecule has 30 heavy (non-hydrogen) atoms. The van der Waals surface area contributed by atoms with Crippen LogP contribution >= 0.6 is 0 Å². The fourth-order valence-corrected chi connectivity index (χ4v) is 3.63. The lowest BCUT2D eigenvalue weighted by atomic mass is 9.87. The molecule has 4 rings (SSSR count). The Morgan fingerprint density at radius 2 is 1.40 bits per heavy atom. The van der Waals surface area contributed by atoms with E-state index in [1.54, 1.807) is 42.5 Å². The van der Waals surface area contributed by atoms with Crippen molar-refractivity contribution in [2.45, 2.75) is 19.0 Å². The number of carbonyl (C=O) groups excluding carboxylic acids is 2. The van der Waals surface area contributed by atoms with Crippen molar-refractivity contribution in [2.75, 3.05) is 0 Å². The van der Waals surface area contributed by atoms with Crippen LogP contribution in [0.3, 0.4) is 0 Å². The van der Waals surface area contributed by atoms with Crippen LogP contribution in [0.25, 0.3) is 10.8 Å². The lowest BCUT2D eigenvalue weighted by Gasteiger charge is -2.24. The molecule has 1 heterocycles. The van der Waals surface area contributed by atoms with E-state index in [4.69, 9.17) is 0 Å². The molecule has 1 aliphatic heterocycles. The summed E-state index contributed by atoms with van der Waals surface area (Å²) in [5, 5.41) is 3.92. The van der Waals surface area contributed by atoms with E-state index < -0.39 is 58.7 Å². The maximum absolute atomic E-state index is 14.0. The van der Waals surface area contributed by atoms with E-state index in [1.165, 1.54) is 6.92 Å². The molecule has 0 spiro atoms. The zero-order valence-corrected chi connectivity index (χ0v) is 15.4. The van der Waals surface area contributed by atoms with Crippen molar-refractivity contribution in [2.24, 2.45) is 0 Å². The van der Waals surface area contributed by atoms with Gasteiger partial charge in [0.2, 0.25) is 5.82 Å². The van der Waals surface area contributed by atoms with Gasteiger partial charge in [0.15, 0.2) is 23.3 Å². The minimum atomic E-state index is -2.31. The van der Waals surface area contributed by atoms with Crippen molar-refractivity contribution < 1.29 is 31.5 Å². The Kier molecular flexibility index (Phi) is 4.48. The lowest BCUT2D eigenvalue weighted by Crippen LogP contribution is -2.41. The van der Waals surface area contributed by atoms with Crippen molar-refractivity contribution in [3.8, 4) is 0 Å². The number of halogens is 5. The number of hydrogen-bond acceptors (Lipinski definition) is 2. The molecule has 0 radical (unpaired) electrons. The summed E-state index contributed by atoms with van der Waals surface area (Å²) >= 11 is 0. The van der Waals surface area contributed by atoms with Gasteiger partial charge in [0, 0.05) is 5.56 Å². The molecule has 0 bridgehead atoms. The Morgan fingerprint density at radius 3 is 2.07 bits per heavy atom. The highest BCUT2D eigenvalue weighted by atomic mass is 19.2. The maximum atomic E-state index is 14.0. The molecule has 1 N–H and O–H groups in total. The van der Waals surface area contributed by atoms with E-state index in [1.807, 2.05) is 0 Å². The highest BCUT2D eigenvalue weighted by Gasteiger charge is 2.50. The van der Waals surface area contributed by atoms with Crippen LogP contribution in [-0.2, 0) is 16.9 Å². The fourth-order valence-electron chi connectivity index (χ4n) is 3.63. The summed E-state index contributed by atoms with van der Waals surface area (Å²) in [7, 11) is 0. The molecular formula is C21H13F5N2O2. The molecule has 3 aromatic carbocycles. The molecule has 0 saturated carbocycles.